The highest BCUT2D eigenvalue weighted by molar-refractivity contribution is 6.32. The van der Waals surface area contributed by atoms with Crippen molar-refractivity contribution < 1.29 is 14.3 Å². The van der Waals surface area contributed by atoms with Crippen LogP contribution in [-0.4, -0.2) is 12.0 Å². The first-order valence-corrected chi connectivity index (χ1v) is 10.8. The number of ether oxygens (including phenoxy) is 2. The van der Waals surface area contributed by atoms with Crippen molar-refractivity contribution in [3.63, 3.8) is 0 Å². The SMILES string of the molecule is CC(=O)NC(C)c1ccc2cc(Oc3ccc(OC4CCCC4)cc3Cl)ccc2c1. The van der Waals surface area contributed by atoms with E-state index in [9.17, 15) is 4.79 Å². The van der Waals surface area contributed by atoms with E-state index in [1.807, 2.05) is 55.5 Å². The zero-order valence-corrected chi connectivity index (χ0v) is 18.0. The van der Waals surface area contributed by atoms with E-state index in [0.717, 1.165) is 40.7 Å². The van der Waals surface area contributed by atoms with Crippen LogP contribution in [0.1, 0.15) is 51.1 Å². The summed E-state index contributed by atoms with van der Waals surface area (Å²) < 4.78 is 12.0. The van der Waals surface area contributed by atoms with Crippen molar-refractivity contribution in [1.29, 1.82) is 0 Å². The molecule has 0 saturated heterocycles. The van der Waals surface area contributed by atoms with E-state index >= 15 is 0 Å². The molecule has 1 aliphatic carbocycles. The predicted molar refractivity (Wildman–Crippen MR) is 121 cm³/mol. The molecule has 0 radical (unpaired) electrons. The van der Waals surface area contributed by atoms with E-state index < -0.39 is 0 Å². The summed E-state index contributed by atoms with van der Waals surface area (Å²) in [6.07, 6.45) is 4.98. The van der Waals surface area contributed by atoms with E-state index in [4.69, 9.17) is 21.1 Å². The molecule has 30 heavy (non-hydrogen) atoms. The quantitative estimate of drug-likeness (QED) is 0.474. The van der Waals surface area contributed by atoms with E-state index in [1.165, 1.54) is 19.8 Å². The van der Waals surface area contributed by atoms with Crippen LogP contribution in [0.3, 0.4) is 0 Å². The van der Waals surface area contributed by atoms with Gasteiger partial charge in [-0.3, -0.25) is 4.79 Å². The summed E-state index contributed by atoms with van der Waals surface area (Å²) in [5.41, 5.74) is 1.06. The van der Waals surface area contributed by atoms with Crippen molar-refractivity contribution in [1.82, 2.24) is 5.32 Å². The summed E-state index contributed by atoms with van der Waals surface area (Å²) in [5, 5.41) is 5.59. The van der Waals surface area contributed by atoms with Crippen LogP contribution in [0, 0.1) is 0 Å². The van der Waals surface area contributed by atoms with Gasteiger partial charge in [-0.15, -0.1) is 0 Å². The fourth-order valence-corrected chi connectivity index (χ4v) is 4.14. The molecule has 0 bridgehead atoms. The summed E-state index contributed by atoms with van der Waals surface area (Å²) in [7, 11) is 0. The highest BCUT2D eigenvalue weighted by Gasteiger charge is 2.17. The number of halogens is 1. The van der Waals surface area contributed by atoms with Gasteiger partial charge in [0.25, 0.3) is 0 Å². The standard InChI is InChI=1S/C25H26ClNO3/c1-16(27-17(2)28)18-7-8-20-14-22(10-9-19(20)13-18)30-25-12-11-23(15-24(25)26)29-21-5-3-4-6-21/h7-16,21H,3-6H2,1-2H3,(H,27,28). The molecule has 4 rings (SSSR count). The average molecular weight is 424 g/mol. The van der Waals surface area contributed by atoms with Gasteiger partial charge >= 0.3 is 0 Å². The van der Waals surface area contributed by atoms with Crippen molar-refractivity contribution >= 4 is 28.3 Å². The van der Waals surface area contributed by atoms with Gasteiger partial charge < -0.3 is 14.8 Å². The first-order valence-electron chi connectivity index (χ1n) is 10.4. The molecule has 4 nitrogen and oxygen atoms in total. The third-order valence-corrected chi connectivity index (χ3v) is 5.79. The highest BCUT2D eigenvalue weighted by Crippen LogP contribution is 2.35. The number of benzene rings is 3. The van der Waals surface area contributed by atoms with Gasteiger partial charge in [-0.25, -0.2) is 0 Å². The van der Waals surface area contributed by atoms with Gasteiger partial charge in [0.2, 0.25) is 5.91 Å². The van der Waals surface area contributed by atoms with Crippen LogP contribution in [0.15, 0.2) is 54.6 Å². The van der Waals surface area contributed by atoms with Crippen molar-refractivity contribution in [2.45, 2.75) is 51.7 Å². The van der Waals surface area contributed by atoms with Gasteiger partial charge in [-0.05, 0) is 79.3 Å². The summed E-state index contributed by atoms with van der Waals surface area (Å²) in [6.45, 7) is 3.50. The molecule has 1 fully saturated rings. The number of hydrogen-bond acceptors (Lipinski definition) is 3. The fourth-order valence-electron chi connectivity index (χ4n) is 3.93. The highest BCUT2D eigenvalue weighted by atomic mass is 35.5. The second-order valence-corrected chi connectivity index (χ2v) is 8.32. The van der Waals surface area contributed by atoms with Gasteiger partial charge in [-0.2, -0.15) is 0 Å². The molecule has 1 unspecified atom stereocenters. The molecule has 3 aromatic carbocycles. The predicted octanol–water partition coefficient (Wildman–Crippen LogP) is 6.80. The van der Waals surface area contributed by atoms with Crippen LogP contribution in [-0.2, 0) is 4.79 Å². The van der Waals surface area contributed by atoms with Crippen LogP contribution >= 0.6 is 11.6 Å². The molecule has 1 N–H and O–H groups in total. The maximum atomic E-state index is 11.3. The Morgan fingerprint density at radius 1 is 1.00 bits per heavy atom. The second kappa shape index (κ2) is 8.97. The summed E-state index contributed by atoms with van der Waals surface area (Å²) >= 11 is 6.44. The molecule has 1 amide bonds. The van der Waals surface area contributed by atoms with Gasteiger partial charge in [-0.1, -0.05) is 29.8 Å². The molecule has 156 valence electrons. The minimum Gasteiger partial charge on any atom is -0.490 e. The molecule has 1 saturated carbocycles. The number of carbonyl (C=O) groups excluding carboxylic acids is 1. The van der Waals surface area contributed by atoms with Crippen LogP contribution < -0.4 is 14.8 Å². The van der Waals surface area contributed by atoms with Gasteiger partial charge in [0.05, 0.1) is 17.2 Å². The Labute approximate surface area is 182 Å². The number of amides is 1. The zero-order chi connectivity index (χ0) is 21.1. The van der Waals surface area contributed by atoms with Crippen LogP contribution in [0.5, 0.6) is 17.2 Å². The topological polar surface area (TPSA) is 47.6 Å². The third kappa shape index (κ3) is 4.88. The molecule has 0 spiro atoms. The zero-order valence-electron chi connectivity index (χ0n) is 17.3. The normalized spacial score (nSPS) is 15.2. The maximum absolute atomic E-state index is 11.3. The number of rotatable bonds is 6. The van der Waals surface area contributed by atoms with Crippen molar-refractivity contribution in [2.24, 2.45) is 0 Å². The monoisotopic (exact) mass is 423 g/mol. The van der Waals surface area contributed by atoms with Crippen molar-refractivity contribution in [2.75, 3.05) is 0 Å². The minimum absolute atomic E-state index is 0.0356. The van der Waals surface area contributed by atoms with Crippen molar-refractivity contribution in [3.05, 3.63) is 65.2 Å². The third-order valence-electron chi connectivity index (χ3n) is 5.49. The smallest absolute Gasteiger partial charge is 0.217 e. The Morgan fingerprint density at radius 3 is 2.43 bits per heavy atom. The van der Waals surface area contributed by atoms with Gasteiger partial charge in [0.1, 0.15) is 17.2 Å². The Morgan fingerprint density at radius 2 is 1.70 bits per heavy atom. The molecule has 3 aromatic rings. The molecule has 0 aromatic heterocycles. The van der Waals surface area contributed by atoms with Crippen LogP contribution in [0.2, 0.25) is 5.02 Å². The summed E-state index contributed by atoms with van der Waals surface area (Å²) in [5.74, 6) is 2.07. The lowest BCUT2D eigenvalue weighted by Crippen LogP contribution is -2.23. The Hall–Kier alpha value is -2.72. The van der Waals surface area contributed by atoms with Crippen molar-refractivity contribution in [3.8, 4) is 17.2 Å². The lowest BCUT2D eigenvalue weighted by molar-refractivity contribution is -0.119. The molecule has 1 aliphatic rings. The average Bonchev–Trinajstić information content (AvgIpc) is 3.22. The lowest BCUT2D eigenvalue weighted by Gasteiger charge is -2.15. The molecule has 1 atom stereocenters. The van der Waals surface area contributed by atoms with E-state index in [2.05, 4.69) is 11.4 Å². The molecule has 0 aliphatic heterocycles. The number of fused-ring (bicyclic) bond motifs is 1. The van der Waals surface area contributed by atoms with E-state index in [0.29, 0.717) is 16.9 Å². The van der Waals surface area contributed by atoms with Gasteiger partial charge in [0, 0.05) is 13.0 Å². The molecular formula is C25H26ClNO3. The lowest BCUT2D eigenvalue weighted by atomic mass is 10.0. The Bertz CT molecular complexity index is 1060. The molecular weight excluding hydrogens is 398 g/mol. The maximum Gasteiger partial charge on any atom is 0.217 e. The first kappa shape index (κ1) is 20.5. The van der Waals surface area contributed by atoms with Gasteiger partial charge in [0.15, 0.2) is 0 Å². The number of carbonyl (C=O) groups is 1. The largest absolute Gasteiger partial charge is 0.490 e. The Balaban J connectivity index is 1.48. The fraction of sp³-hybridized carbons (Fsp3) is 0.320. The van der Waals surface area contributed by atoms with Crippen LogP contribution in [0.25, 0.3) is 10.8 Å². The summed E-state index contributed by atoms with van der Waals surface area (Å²) in [6, 6.07) is 17.6. The number of nitrogens with one attached hydrogen (secondary N) is 1. The molecule has 0 heterocycles. The Kier molecular flexibility index (Phi) is 6.14. The van der Waals surface area contributed by atoms with E-state index in [-0.39, 0.29) is 11.9 Å². The second-order valence-electron chi connectivity index (χ2n) is 7.91. The number of hydrogen-bond donors (Lipinski definition) is 1. The van der Waals surface area contributed by atoms with Crippen LogP contribution in [0.4, 0.5) is 0 Å². The first-order chi connectivity index (χ1) is 14.5. The molecule has 5 heteroatoms. The summed E-state index contributed by atoms with van der Waals surface area (Å²) in [4.78, 5) is 11.3. The minimum atomic E-state index is -0.0390. The van der Waals surface area contributed by atoms with E-state index in [1.54, 1.807) is 0 Å².